The Balaban J connectivity index is 1.67. The van der Waals surface area contributed by atoms with E-state index in [1.165, 1.54) is 19.2 Å². The number of hydrogen-bond acceptors (Lipinski definition) is 6. The van der Waals surface area contributed by atoms with Gasteiger partial charge in [-0.15, -0.1) is 0 Å². The van der Waals surface area contributed by atoms with E-state index in [0.29, 0.717) is 11.1 Å². The largest absolute Gasteiger partial charge is 0.435 e. The van der Waals surface area contributed by atoms with E-state index in [2.05, 4.69) is 15.4 Å². The molecule has 1 N–H and O–H groups in total. The maximum Gasteiger partial charge on any atom is 0.435 e. The van der Waals surface area contributed by atoms with E-state index in [4.69, 9.17) is 4.42 Å². The molecule has 2 heterocycles. The number of aromatic nitrogens is 3. The molecule has 0 atom stereocenters. The lowest BCUT2D eigenvalue weighted by Gasteiger charge is -2.07. The van der Waals surface area contributed by atoms with Crippen LogP contribution in [0, 0.1) is 10.1 Å². The number of fused-ring (bicyclic) bond motifs is 1. The molecule has 0 unspecified atom stereocenters. The predicted octanol–water partition coefficient (Wildman–Crippen LogP) is 4.41. The molecule has 4 rings (SSSR count). The predicted molar refractivity (Wildman–Crippen MR) is 102 cm³/mol. The Kier molecular flexibility index (Phi) is 4.68. The Hall–Kier alpha value is -4.22. The smallest absolute Gasteiger partial charge is 0.432 e. The van der Waals surface area contributed by atoms with Gasteiger partial charge in [-0.3, -0.25) is 19.6 Å². The third-order valence-electron chi connectivity index (χ3n) is 4.39. The zero-order valence-electron chi connectivity index (χ0n) is 15.7. The Morgan fingerprint density at radius 2 is 1.94 bits per heavy atom. The van der Waals surface area contributed by atoms with Crippen molar-refractivity contribution in [3.63, 3.8) is 0 Å². The molecule has 0 aliphatic rings. The highest BCUT2D eigenvalue weighted by Gasteiger charge is 2.35. The molecular weight excluding hydrogens is 419 g/mol. The lowest BCUT2D eigenvalue weighted by Crippen LogP contribution is -2.12. The summed E-state index contributed by atoms with van der Waals surface area (Å²) in [5, 5.41) is 17.3. The Labute approximate surface area is 171 Å². The lowest BCUT2D eigenvalue weighted by atomic mass is 10.1. The quantitative estimate of drug-likeness (QED) is 0.378. The van der Waals surface area contributed by atoms with Crippen molar-refractivity contribution in [2.24, 2.45) is 7.05 Å². The van der Waals surface area contributed by atoms with Gasteiger partial charge < -0.3 is 9.73 Å². The summed E-state index contributed by atoms with van der Waals surface area (Å²) in [6, 6.07) is 11.0. The van der Waals surface area contributed by atoms with Crippen LogP contribution in [0.25, 0.3) is 22.4 Å². The molecule has 0 aliphatic heterocycles. The van der Waals surface area contributed by atoms with E-state index in [1.807, 2.05) is 0 Å². The van der Waals surface area contributed by atoms with Gasteiger partial charge in [0.15, 0.2) is 11.3 Å². The first kappa shape index (κ1) is 20.1. The SMILES string of the molecule is Cn1nc(C(F)(F)F)cc1-c1ccc(NC(=O)c2nc3ccccc3o2)cc1[N+](=O)[O-]. The number of amides is 1. The van der Waals surface area contributed by atoms with Gasteiger partial charge in [-0.1, -0.05) is 12.1 Å². The number of aryl methyl sites for hydroxylation is 1. The number of nitrogens with one attached hydrogen (secondary N) is 1. The normalized spacial score (nSPS) is 11.6. The summed E-state index contributed by atoms with van der Waals surface area (Å²) in [6.45, 7) is 0. The molecule has 12 heteroatoms. The minimum Gasteiger partial charge on any atom is -0.432 e. The highest BCUT2D eigenvalue weighted by Crippen LogP contribution is 2.36. The van der Waals surface area contributed by atoms with Crippen LogP contribution < -0.4 is 5.32 Å². The molecular formula is C19H12F3N5O4. The molecule has 9 nitrogen and oxygen atoms in total. The van der Waals surface area contributed by atoms with Crippen LogP contribution in [-0.2, 0) is 13.2 Å². The maximum atomic E-state index is 12.9. The molecule has 1 amide bonds. The standard InChI is InChI=1S/C19H12F3N5O4/c1-26-13(9-16(25-26)19(20,21)22)11-7-6-10(8-14(11)27(29)30)23-17(28)18-24-12-4-2-3-5-15(12)31-18/h2-9H,1H3,(H,23,28). The number of oxazole rings is 1. The molecule has 2 aromatic carbocycles. The van der Waals surface area contributed by atoms with Crippen molar-refractivity contribution >= 4 is 28.4 Å². The minimum atomic E-state index is -4.70. The van der Waals surface area contributed by atoms with Gasteiger partial charge in [0.05, 0.1) is 16.2 Å². The van der Waals surface area contributed by atoms with E-state index in [0.717, 1.165) is 16.8 Å². The Morgan fingerprint density at radius 3 is 2.58 bits per heavy atom. The molecule has 158 valence electrons. The van der Waals surface area contributed by atoms with E-state index < -0.39 is 28.4 Å². The second-order valence-electron chi connectivity index (χ2n) is 6.47. The molecule has 0 spiro atoms. The maximum absolute atomic E-state index is 12.9. The Morgan fingerprint density at radius 1 is 1.19 bits per heavy atom. The highest BCUT2D eigenvalue weighted by molar-refractivity contribution is 6.02. The van der Waals surface area contributed by atoms with Crippen molar-refractivity contribution in [2.45, 2.75) is 6.18 Å². The average molecular weight is 431 g/mol. The summed E-state index contributed by atoms with van der Waals surface area (Å²) in [4.78, 5) is 27.2. The first-order chi connectivity index (χ1) is 14.6. The van der Waals surface area contributed by atoms with Crippen molar-refractivity contribution in [2.75, 3.05) is 5.32 Å². The molecule has 0 saturated carbocycles. The number of nitrogens with zero attached hydrogens (tertiary/aromatic N) is 4. The number of hydrogen-bond donors (Lipinski definition) is 1. The molecule has 0 radical (unpaired) electrons. The first-order valence-corrected chi connectivity index (χ1v) is 8.70. The van der Waals surface area contributed by atoms with Crippen LogP contribution in [0.5, 0.6) is 0 Å². The van der Waals surface area contributed by atoms with E-state index in [-0.39, 0.29) is 22.8 Å². The minimum absolute atomic E-state index is 0.0425. The second kappa shape index (κ2) is 7.23. The van der Waals surface area contributed by atoms with Crippen LogP contribution in [0.15, 0.2) is 52.9 Å². The average Bonchev–Trinajstić information content (AvgIpc) is 3.31. The third kappa shape index (κ3) is 3.82. The fourth-order valence-corrected chi connectivity index (χ4v) is 2.99. The van der Waals surface area contributed by atoms with Crippen LogP contribution in [0.1, 0.15) is 16.4 Å². The fourth-order valence-electron chi connectivity index (χ4n) is 2.99. The monoisotopic (exact) mass is 431 g/mol. The van der Waals surface area contributed by atoms with Gasteiger partial charge in [0.1, 0.15) is 5.52 Å². The van der Waals surface area contributed by atoms with Gasteiger partial charge in [0.25, 0.3) is 11.6 Å². The topological polar surface area (TPSA) is 116 Å². The van der Waals surface area contributed by atoms with Crippen molar-refractivity contribution < 1.29 is 27.3 Å². The van der Waals surface area contributed by atoms with Crippen molar-refractivity contribution in [1.82, 2.24) is 14.8 Å². The van der Waals surface area contributed by atoms with Crippen molar-refractivity contribution in [3.8, 4) is 11.3 Å². The number of anilines is 1. The van der Waals surface area contributed by atoms with E-state index in [1.54, 1.807) is 24.3 Å². The number of carbonyl (C=O) groups is 1. The van der Waals surface area contributed by atoms with Crippen LogP contribution in [0.2, 0.25) is 0 Å². The molecule has 0 aliphatic carbocycles. The van der Waals surface area contributed by atoms with Crippen LogP contribution in [-0.4, -0.2) is 25.6 Å². The number of nitro benzene ring substituents is 1. The highest BCUT2D eigenvalue weighted by atomic mass is 19.4. The van der Waals surface area contributed by atoms with E-state index in [9.17, 15) is 28.1 Å². The van der Waals surface area contributed by atoms with Gasteiger partial charge in [-0.05, 0) is 30.3 Å². The number of halogens is 3. The van der Waals surface area contributed by atoms with Crippen LogP contribution >= 0.6 is 0 Å². The molecule has 4 aromatic rings. The van der Waals surface area contributed by atoms with Crippen LogP contribution in [0.4, 0.5) is 24.5 Å². The van der Waals surface area contributed by atoms with Gasteiger partial charge in [-0.2, -0.15) is 18.3 Å². The van der Waals surface area contributed by atoms with E-state index >= 15 is 0 Å². The second-order valence-corrected chi connectivity index (χ2v) is 6.47. The fraction of sp³-hybridized carbons (Fsp3) is 0.105. The summed E-state index contributed by atoms with van der Waals surface area (Å²) in [7, 11) is 1.25. The molecule has 0 saturated heterocycles. The summed E-state index contributed by atoms with van der Waals surface area (Å²) in [5.74, 6) is -0.979. The number of benzene rings is 2. The number of rotatable bonds is 4. The zero-order chi connectivity index (χ0) is 22.3. The Bertz CT molecular complexity index is 1290. The summed E-state index contributed by atoms with van der Waals surface area (Å²) in [6.07, 6.45) is -4.70. The van der Waals surface area contributed by atoms with Crippen LogP contribution in [0.3, 0.4) is 0 Å². The molecule has 2 aromatic heterocycles. The van der Waals surface area contributed by atoms with Gasteiger partial charge >= 0.3 is 12.1 Å². The number of nitro groups is 1. The van der Waals surface area contributed by atoms with Crippen molar-refractivity contribution in [3.05, 3.63) is 70.2 Å². The van der Waals surface area contributed by atoms with Gasteiger partial charge in [0.2, 0.25) is 0 Å². The van der Waals surface area contributed by atoms with Gasteiger partial charge in [-0.25, -0.2) is 4.98 Å². The molecule has 0 bridgehead atoms. The number of para-hydroxylation sites is 2. The third-order valence-corrected chi connectivity index (χ3v) is 4.39. The summed E-state index contributed by atoms with van der Waals surface area (Å²) >= 11 is 0. The van der Waals surface area contributed by atoms with Gasteiger partial charge in [0, 0.05) is 18.8 Å². The molecule has 31 heavy (non-hydrogen) atoms. The first-order valence-electron chi connectivity index (χ1n) is 8.70. The lowest BCUT2D eigenvalue weighted by molar-refractivity contribution is -0.384. The summed E-state index contributed by atoms with van der Waals surface area (Å²) in [5.41, 5.74) is -0.969. The summed E-state index contributed by atoms with van der Waals surface area (Å²) < 4.78 is 45.0. The zero-order valence-corrected chi connectivity index (χ0v) is 15.7. The number of carbonyl (C=O) groups excluding carboxylic acids is 1. The molecule has 0 fully saturated rings. The number of alkyl halides is 3. The van der Waals surface area contributed by atoms with Crippen molar-refractivity contribution in [1.29, 1.82) is 0 Å².